The van der Waals surface area contributed by atoms with Gasteiger partial charge in [-0.2, -0.15) is 0 Å². The van der Waals surface area contributed by atoms with Crippen LogP contribution in [0.1, 0.15) is 28.8 Å². The van der Waals surface area contributed by atoms with Crippen LogP contribution in [0.3, 0.4) is 0 Å². The van der Waals surface area contributed by atoms with Crippen LogP contribution in [0.5, 0.6) is 0 Å². The number of thiophene rings is 1. The molecule has 0 bridgehead atoms. The lowest BCUT2D eigenvalue weighted by atomic mass is 9.91. The number of cyclic esters (lactones) is 1. The van der Waals surface area contributed by atoms with E-state index in [1.54, 1.807) is 30.3 Å². The third kappa shape index (κ3) is 5.16. The molecule has 31 heavy (non-hydrogen) atoms. The molecule has 0 unspecified atom stereocenters. The van der Waals surface area contributed by atoms with Crippen molar-refractivity contribution in [2.45, 2.75) is 25.0 Å². The predicted octanol–water partition coefficient (Wildman–Crippen LogP) is 5.61. The Morgan fingerprint density at radius 2 is 1.61 bits per heavy atom. The normalized spacial score (nSPS) is 18.7. The molecule has 1 saturated heterocycles. The predicted molar refractivity (Wildman–Crippen MR) is 117 cm³/mol. The Labute approximate surface area is 182 Å². The fraction of sp³-hybridized carbons (Fsp3) is 0.160. The summed E-state index contributed by atoms with van der Waals surface area (Å²) in [5, 5.41) is 11.8. The molecule has 3 aromatic rings. The first-order valence-corrected chi connectivity index (χ1v) is 10.7. The molecule has 0 amide bonds. The summed E-state index contributed by atoms with van der Waals surface area (Å²) >= 11 is 1.53. The first kappa shape index (κ1) is 21.2. The van der Waals surface area contributed by atoms with Gasteiger partial charge in [0.15, 0.2) is 0 Å². The summed E-state index contributed by atoms with van der Waals surface area (Å²) in [6, 6.07) is 16.1. The van der Waals surface area contributed by atoms with Gasteiger partial charge in [-0.05, 0) is 64.1 Å². The van der Waals surface area contributed by atoms with Crippen LogP contribution < -0.4 is 0 Å². The molecule has 158 valence electrons. The van der Waals surface area contributed by atoms with E-state index in [0.717, 1.165) is 27.2 Å². The van der Waals surface area contributed by atoms with Crippen LogP contribution in [0.15, 0.2) is 78.2 Å². The van der Waals surface area contributed by atoms with Gasteiger partial charge in [0.1, 0.15) is 17.7 Å². The molecule has 1 N–H and O–H groups in total. The van der Waals surface area contributed by atoms with Gasteiger partial charge in [-0.15, -0.1) is 11.3 Å². The van der Waals surface area contributed by atoms with E-state index in [1.165, 1.54) is 35.6 Å². The van der Waals surface area contributed by atoms with Gasteiger partial charge < -0.3 is 9.84 Å². The lowest BCUT2D eigenvalue weighted by Gasteiger charge is -2.23. The number of hydrogen-bond acceptors (Lipinski definition) is 4. The van der Waals surface area contributed by atoms with Crippen molar-refractivity contribution in [3.05, 3.63) is 106 Å². The second-order valence-corrected chi connectivity index (χ2v) is 8.21. The van der Waals surface area contributed by atoms with Crippen LogP contribution in [-0.2, 0) is 9.53 Å². The largest absolute Gasteiger partial charge is 0.458 e. The Morgan fingerprint density at radius 3 is 2.13 bits per heavy atom. The average Bonchev–Trinajstić information content (AvgIpc) is 3.27. The van der Waals surface area contributed by atoms with E-state index in [-0.39, 0.29) is 18.1 Å². The summed E-state index contributed by atoms with van der Waals surface area (Å²) in [6.07, 6.45) is 2.64. The maximum absolute atomic E-state index is 13.6. The lowest BCUT2D eigenvalue weighted by molar-refractivity contribution is -0.156. The molecule has 2 aromatic carbocycles. The minimum absolute atomic E-state index is 0.00559. The first-order valence-electron chi connectivity index (χ1n) is 9.85. The van der Waals surface area contributed by atoms with Crippen molar-refractivity contribution in [1.29, 1.82) is 0 Å². The fourth-order valence-corrected chi connectivity index (χ4v) is 4.32. The van der Waals surface area contributed by atoms with Crippen LogP contribution in [0.4, 0.5) is 8.78 Å². The summed E-state index contributed by atoms with van der Waals surface area (Å²) < 4.78 is 32.5. The molecule has 3 nitrogen and oxygen atoms in total. The maximum Gasteiger partial charge on any atom is 0.309 e. The summed E-state index contributed by atoms with van der Waals surface area (Å²) in [5.41, 5.74) is 3.15. The van der Waals surface area contributed by atoms with E-state index in [9.17, 15) is 18.7 Å². The maximum atomic E-state index is 13.6. The van der Waals surface area contributed by atoms with Gasteiger partial charge in [-0.3, -0.25) is 4.79 Å². The Hall–Kier alpha value is -3.09. The zero-order valence-electron chi connectivity index (χ0n) is 16.5. The molecule has 0 saturated carbocycles. The molecule has 1 aliphatic heterocycles. The van der Waals surface area contributed by atoms with E-state index in [4.69, 9.17) is 4.74 Å². The van der Waals surface area contributed by atoms with Crippen molar-refractivity contribution in [1.82, 2.24) is 0 Å². The number of halogens is 2. The minimum atomic E-state index is -0.737. The van der Waals surface area contributed by atoms with Crippen LogP contribution in [0.2, 0.25) is 0 Å². The molecule has 0 spiro atoms. The average molecular weight is 438 g/mol. The van der Waals surface area contributed by atoms with Gasteiger partial charge in [0, 0.05) is 11.3 Å². The Balaban J connectivity index is 1.86. The number of carbonyl (C=O) groups excluding carboxylic acids is 1. The number of allylic oxidation sites excluding steroid dienone is 2. The number of aliphatic hydroxyl groups excluding tert-OH is 1. The molecule has 4 rings (SSSR count). The highest BCUT2D eigenvalue weighted by atomic mass is 32.1. The van der Waals surface area contributed by atoms with Crippen LogP contribution in [0, 0.1) is 11.6 Å². The highest BCUT2D eigenvalue weighted by Crippen LogP contribution is 2.36. The molecule has 0 radical (unpaired) electrons. The number of aliphatic hydroxyl groups is 1. The second kappa shape index (κ2) is 9.37. The Kier molecular flexibility index (Phi) is 6.39. The van der Waals surface area contributed by atoms with Gasteiger partial charge in [0.2, 0.25) is 0 Å². The highest BCUT2D eigenvalue weighted by molar-refractivity contribution is 7.11. The fourth-order valence-electron chi connectivity index (χ4n) is 3.56. The van der Waals surface area contributed by atoms with E-state index in [1.807, 2.05) is 23.6 Å². The molecule has 1 fully saturated rings. The topological polar surface area (TPSA) is 46.5 Å². The molecule has 2 atom stereocenters. The van der Waals surface area contributed by atoms with E-state index >= 15 is 0 Å². The third-order valence-electron chi connectivity index (χ3n) is 4.99. The van der Waals surface area contributed by atoms with Crippen LogP contribution >= 0.6 is 11.3 Å². The smallest absolute Gasteiger partial charge is 0.309 e. The molecular weight excluding hydrogens is 418 g/mol. The summed E-state index contributed by atoms with van der Waals surface area (Å²) in [5.74, 6) is -1.13. The summed E-state index contributed by atoms with van der Waals surface area (Å²) in [6.45, 7) is 0. The van der Waals surface area contributed by atoms with E-state index in [0.29, 0.717) is 6.42 Å². The Morgan fingerprint density at radius 1 is 1.00 bits per heavy atom. The molecule has 6 heteroatoms. The zero-order chi connectivity index (χ0) is 21.8. The van der Waals surface area contributed by atoms with Crippen molar-refractivity contribution in [3.63, 3.8) is 0 Å². The molecule has 2 heterocycles. The van der Waals surface area contributed by atoms with Crippen molar-refractivity contribution < 1.29 is 23.4 Å². The molecule has 0 aliphatic carbocycles. The Bertz CT molecular complexity index is 1050. The van der Waals surface area contributed by atoms with Crippen LogP contribution in [0.25, 0.3) is 11.1 Å². The number of rotatable bonds is 5. The number of benzene rings is 2. The quantitative estimate of drug-likeness (QED) is 0.416. The van der Waals surface area contributed by atoms with Gasteiger partial charge in [-0.1, -0.05) is 36.4 Å². The number of esters is 1. The standard InChI is InChI=1S/C25H20F2O3S/c26-18-7-3-16(4-8-18)25(17-5-9-19(27)10-6-17)22(23-2-1-13-31-23)12-11-21-14-20(28)15-24(29)30-21/h1-13,20-21,28H,14-15H2/t20-,21-/m0/s1. The minimum Gasteiger partial charge on any atom is -0.458 e. The third-order valence-corrected chi connectivity index (χ3v) is 5.89. The van der Waals surface area contributed by atoms with Gasteiger partial charge in [0.25, 0.3) is 0 Å². The lowest BCUT2D eigenvalue weighted by Crippen LogP contribution is -2.31. The van der Waals surface area contributed by atoms with Crippen molar-refractivity contribution >= 4 is 28.5 Å². The summed E-state index contributed by atoms with van der Waals surface area (Å²) in [4.78, 5) is 12.6. The monoisotopic (exact) mass is 438 g/mol. The number of carbonyl (C=O) groups is 1. The van der Waals surface area contributed by atoms with Crippen LogP contribution in [-0.4, -0.2) is 23.3 Å². The number of ether oxygens (including phenoxy) is 1. The van der Waals surface area contributed by atoms with Crippen molar-refractivity contribution in [3.8, 4) is 0 Å². The van der Waals surface area contributed by atoms with Crippen molar-refractivity contribution in [2.24, 2.45) is 0 Å². The molecule has 1 aromatic heterocycles. The van der Waals surface area contributed by atoms with Gasteiger partial charge in [-0.25, -0.2) is 8.78 Å². The zero-order valence-corrected chi connectivity index (χ0v) is 17.3. The second-order valence-electron chi connectivity index (χ2n) is 7.26. The van der Waals surface area contributed by atoms with Crippen molar-refractivity contribution in [2.75, 3.05) is 0 Å². The SMILES string of the molecule is O=C1C[C@@H](O)C[C@H](C=CC(=C(c2ccc(F)cc2)c2ccc(F)cc2)c2cccs2)O1. The van der Waals surface area contributed by atoms with E-state index in [2.05, 4.69) is 0 Å². The highest BCUT2D eigenvalue weighted by Gasteiger charge is 2.25. The van der Waals surface area contributed by atoms with Gasteiger partial charge in [0.05, 0.1) is 12.5 Å². The molecular formula is C25H20F2O3S. The number of hydrogen-bond donors (Lipinski definition) is 1. The van der Waals surface area contributed by atoms with E-state index < -0.39 is 18.2 Å². The first-order chi connectivity index (χ1) is 15.0. The van der Waals surface area contributed by atoms with Gasteiger partial charge >= 0.3 is 5.97 Å². The summed E-state index contributed by atoms with van der Waals surface area (Å²) in [7, 11) is 0. The molecule has 1 aliphatic rings.